The molecule has 0 aliphatic heterocycles. The van der Waals surface area contributed by atoms with Crippen molar-refractivity contribution in [2.45, 2.75) is 4.90 Å². The van der Waals surface area contributed by atoms with E-state index in [-0.39, 0.29) is 29.8 Å². The van der Waals surface area contributed by atoms with Crippen LogP contribution in [0.1, 0.15) is 0 Å². The van der Waals surface area contributed by atoms with Crippen LogP contribution in [0.2, 0.25) is 5.02 Å². The first kappa shape index (κ1) is 20.5. The molecule has 3 aromatic rings. The quantitative estimate of drug-likeness (QED) is 0.530. The number of ether oxygens (including phenoxy) is 1. The SMILES string of the molecule is O=S(=O)(Nc1ncnc(OCCO)c1-c1ccc(Br)cc1)c1ccc(Cl)cc1. The molecule has 0 aliphatic rings. The van der Waals surface area contributed by atoms with E-state index in [1.54, 1.807) is 24.3 Å². The normalized spacial score (nSPS) is 11.2. The van der Waals surface area contributed by atoms with E-state index in [1.807, 2.05) is 0 Å². The predicted molar refractivity (Wildman–Crippen MR) is 110 cm³/mol. The molecule has 146 valence electrons. The number of aliphatic hydroxyl groups is 1. The Labute approximate surface area is 175 Å². The molecule has 3 rings (SSSR count). The number of aliphatic hydroxyl groups excluding tert-OH is 1. The number of nitrogens with one attached hydrogen (secondary N) is 1. The van der Waals surface area contributed by atoms with E-state index in [0.29, 0.717) is 16.1 Å². The van der Waals surface area contributed by atoms with Gasteiger partial charge in [-0.1, -0.05) is 39.7 Å². The lowest BCUT2D eigenvalue weighted by atomic mass is 10.1. The van der Waals surface area contributed by atoms with Gasteiger partial charge in [0, 0.05) is 9.50 Å². The van der Waals surface area contributed by atoms with Crippen molar-refractivity contribution >= 4 is 43.4 Å². The van der Waals surface area contributed by atoms with Gasteiger partial charge in [0.2, 0.25) is 5.88 Å². The van der Waals surface area contributed by atoms with Crippen LogP contribution in [0.25, 0.3) is 11.1 Å². The van der Waals surface area contributed by atoms with Crippen molar-refractivity contribution in [2.24, 2.45) is 0 Å². The Balaban J connectivity index is 2.07. The number of hydrogen-bond donors (Lipinski definition) is 2. The minimum atomic E-state index is -3.92. The third kappa shape index (κ3) is 4.79. The van der Waals surface area contributed by atoms with E-state index < -0.39 is 10.0 Å². The van der Waals surface area contributed by atoms with Crippen molar-refractivity contribution in [1.82, 2.24) is 9.97 Å². The number of anilines is 1. The van der Waals surface area contributed by atoms with Crippen molar-refractivity contribution in [2.75, 3.05) is 17.9 Å². The molecule has 1 aromatic heterocycles. The zero-order valence-corrected chi connectivity index (χ0v) is 17.5. The Kier molecular flexibility index (Phi) is 6.50. The number of hydrogen-bond acceptors (Lipinski definition) is 6. The first-order valence-electron chi connectivity index (χ1n) is 8.03. The van der Waals surface area contributed by atoms with Gasteiger partial charge in [-0.15, -0.1) is 0 Å². The standard InChI is InChI=1S/C18H15BrClN3O4S/c19-13-3-1-12(2-4-13)16-17(21-11-22-18(16)27-10-9-24)23-28(25,26)15-7-5-14(20)6-8-15/h1-8,11,24H,9-10H2,(H,21,22,23). The third-order valence-corrected chi connectivity index (χ3v) is 5.77. The molecule has 1 heterocycles. The first-order valence-corrected chi connectivity index (χ1v) is 10.7. The maximum absolute atomic E-state index is 12.8. The summed E-state index contributed by atoms with van der Waals surface area (Å²) in [7, 11) is -3.92. The van der Waals surface area contributed by atoms with Crippen molar-refractivity contribution < 1.29 is 18.3 Å². The van der Waals surface area contributed by atoms with Gasteiger partial charge in [-0.25, -0.2) is 18.4 Å². The van der Waals surface area contributed by atoms with Crippen LogP contribution in [-0.2, 0) is 10.0 Å². The summed E-state index contributed by atoms with van der Waals surface area (Å²) in [5.74, 6) is 0.209. The fourth-order valence-electron chi connectivity index (χ4n) is 2.38. The highest BCUT2D eigenvalue weighted by Crippen LogP contribution is 2.35. The number of rotatable bonds is 7. The summed E-state index contributed by atoms with van der Waals surface area (Å²) in [5.41, 5.74) is 1.01. The number of nitrogens with zero attached hydrogens (tertiary/aromatic N) is 2. The molecule has 0 aliphatic carbocycles. The minimum Gasteiger partial charge on any atom is -0.475 e. The van der Waals surface area contributed by atoms with E-state index >= 15 is 0 Å². The molecule has 0 saturated carbocycles. The summed E-state index contributed by atoms with van der Waals surface area (Å²) in [6.45, 7) is -0.209. The monoisotopic (exact) mass is 483 g/mol. The molecule has 0 unspecified atom stereocenters. The van der Waals surface area contributed by atoms with Crippen LogP contribution < -0.4 is 9.46 Å². The van der Waals surface area contributed by atoms with Crippen LogP contribution >= 0.6 is 27.5 Å². The summed E-state index contributed by atoms with van der Waals surface area (Å²) in [6.07, 6.45) is 1.19. The van der Waals surface area contributed by atoms with Gasteiger partial charge in [0.15, 0.2) is 5.82 Å². The fourth-order valence-corrected chi connectivity index (χ4v) is 3.79. The van der Waals surface area contributed by atoms with Crippen LogP contribution in [0.3, 0.4) is 0 Å². The smallest absolute Gasteiger partial charge is 0.263 e. The van der Waals surface area contributed by atoms with E-state index in [9.17, 15) is 8.42 Å². The van der Waals surface area contributed by atoms with Gasteiger partial charge in [-0.2, -0.15) is 0 Å². The Morgan fingerprint density at radius 1 is 1.07 bits per heavy atom. The molecular formula is C18H15BrClN3O4S. The van der Waals surface area contributed by atoms with E-state index in [2.05, 4.69) is 30.6 Å². The summed E-state index contributed by atoms with van der Waals surface area (Å²) in [5, 5.41) is 9.48. The van der Waals surface area contributed by atoms with Gasteiger partial charge in [-0.05, 0) is 42.0 Å². The lowest BCUT2D eigenvalue weighted by Crippen LogP contribution is -2.15. The summed E-state index contributed by atoms with van der Waals surface area (Å²) in [4.78, 5) is 8.21. The zero-order chi connectivity index (χ0) is 20.1. The Morgan fingerprint density at radius 3 is 2.39 bits per heavy atom. The van der Waals surface area contributed by atoms with Gasteiger partial charge in [0.1, 0.15) is 12.9 Å². The third-order valence-electron chi connectivity index (χ3n) is 3.63. The molecule has 0 radical (unpaired) electrons. The van der Waals surface area contributed by atoms with Crippen molar-refractivity contribution in [3.63, 3.8) is 0 Å². The second kappa shape index (κ2) is 8.87. The first-order chi connectivity index (χ1) is 13.4. The molecule has 0 atom stereocenters. The van der Waals surface area contributed by atoms with Crippen molar-refractivity contribution in [3.8, 4) is 17.0 Å². The van der Waals surface area contributed by atoms with Crippen molar-refractivity contribution in [1.29, 1.82) is 0 Å². The topological polar surface area (TPSA) is 101 Å². The highest BCUT2D eigenvalue weighted by Gasteiger charge is 2.21. The van der Waals surface area contributed by atoms with Crippen molar-refractivity contribution in [3.05, 3.63) is 64.4 Å². The average Bonchev–Trinajstić information content (AvgIpc) is 2.67. The van der Waals surface area contributed by atoms with Gasteiger partial charge >= 0.3 is 0 Å². The molecule has 10 heteroatoms. The second-order valence-electron chi connectivity index (χ2n) is 5.54. The van der Waals surface area contributed by atoms with Gasteiger partial charge < -0.3 is 9.84 Å². The summed E-state index contributed by atoms with van der Waals surface area (Å²) < 4.78 is 34.4. The highest BCUT2D eigenvalue weighted by atomic mass is 79.9. The van der Waals surface area contributed by atoms with E-state index in [1.165, 1.54) is 30.6 Å². The van der Waals surface area contributed by atoms with Crippen LogP contribution in [0.4, 0.5) is 5.82 Å². The molecule has 28 heavy (non-hydrogen) atoms. The van der Waals surface area contributed by atoms with E-state index in [4.69, 9.17) is 21.4 Å². The summed E-state index contributed by atoms with van der Waals surface area (Å²) >= 11 is 9.20. The van der Waals surface area contributed by atoms with Crippen LogP contribution in [0.15, 0.2) is 64.2 Å². The summed E-state index contributed by atoms with van der Waals surface area (Å²) in [6, 6.07) is 12.9. The second-order valence-corrected chi connectivity index (χ2v) is 8.58. The number of sulfonamides is 1. The Hall–Kier alpha value is -2.20. The number of benzene rings is 2. The van der Waals surface area contributed by atoms with Crippen LogP contribution in [0.5, 0.6) is 5.88 Å². The molecule has 0 bridgehead atoms. The molecule has 2 N–H and O–H groups in total. The lowest BCUT2D eigenvalue weighted by Gasteiger charge is -2.15. The minimum absolute atomic E-state index is 0.00388. The van der Waals surface area contributed by atoms with Gasteiger partial charge in [0.25, 0.3) is 10.0 Å². The maximum atomic E-state index is 12.8. The Bertz CT molecular complexity index is 1060. The maximum Gasteiger partial charge on any atom is 0.263 e. The van der Waals surface area contributed by atoms with E-state index in [0.717, 1.165) is 4.47 Å². The molecule has 0 saturated heterocycles. The molecule has 7 nitrogen and oxygen atoms in total. The van der Waals surface area contributed by atoms with Crippen LogP contribution in [-0.4, -0.2) is 36.7 Å². The molecule has 2 aromatic carbocycles. The average molecular weight is 485 g/mol. The predicted octanol–water partition coefficient (Wildman–Crippen LogP) is 3.73. The van der Waals surface area contributed by atoms with Gasteiger partial charge in [0.05, 0.1) is 17.1 Å². The van der Waals surface area contributed by atoms with Crippen LogP contribution in [0, 0.1) is 0 Å². The molecular weight excluding hydrogens is 470 g/mol. The lowest BCUT2D eigenvalue weighted by molar-refractivity contribution is 0.197. The molecule has 0 fully saturated rings. The Morgan fingerprint density at radius 2 is 1.75 bits per heavy atom. The molecule has 0 spiro atoms. The fraction of sp³-hybridized carbons (Fsp3) is 0.111. The number of halogens is 2. The largest absolute Gasteiger partial charge is 0.475 e. The number of aromatic nitrogens is 2. The van der Waals surface area contributed by atoms with Gasteiger partial charge in [-0.3, -0.25) is 4.72 Å². The highest BCUT2D eigenvalue weighted by molar-refractivity contribution is 9.10. The zero-order valence-electron chi connectivity index (χ0n) is 14.3. The molecule has 0 amide bonds.